The first-order valence-electron chi connectivity index (χ1n) is 7.88. The van der Waals surface area contributed by atoms with E-state index < -0.39 is 0 Å². The van der Waals surface area contributed by atoms with Crippen molar-refractivity contribution in [3.8, 4) is 11.3 Å². The van der Waals surface area contributed by atoms with Crippen molar-refractivity contribution in [3.05, 3.63) is 41.1 Å². The van der Waals surface area contributed by atoms with Crippen LogP contribution in [0.25, 0.3) is 11.3 Å². The number of nitrogens with zero attached hydrogens (tertiary/aromatic N) is 1. The predicted octanol–water partition coefficient (Wildman–Crippen LogP) is 2.81. The van der Waals surface area contributed by atoms with Crippen molar-refractivity contribution in [2.45, 2.75) is 25.5 Å². The van der Waals surface area contributed by atoms with E-state index in [0.717, 1.165) is 25.0 Å². The molecule has 0 bridgehead atoms. The van der Waals surface area contributed by atoms with Gasteiger partial charge in [-0.15, -0.1) is 0 Å². The fourth-order valence-corrected chi connectivity index (χ4v) is 2.57. The van der Waals surface area contributed by atoms with Crippen LogP contribution in [0, 0.1) is 0 Å². The molecule has 128 valence electrons. The van der Waals surface area contributed by atoms with Gasteiger partial charge in [0.15, 0.2) is 5.76 Å². The Bertz CT molecular complexity index is 665. The second-order valence-corrected chi connectivity index (χ2v) is 6.05. The van der Waals surface area contributed by atoms with Crippen LogP contribution in [0.1, 0.15) is 18.6 Å². The largest absolute Gasteiger partial charge is 0.376 e. The van der Waals surface area contributed by atoms with Crippen LogP contribution in [-0.4, -0.2) is 37.0 Å². The van der Waals surface area contributed by atoms with E-state index >= 15 is 0 Å². The van der Waals surface area contributed by atoms with Crippen molar-refractivity contribution in [1.82, 2.24) is 10.5 Å². The van der Waals surface area contributed by atoms with Crippen LogP contribution in [0.4, 0.5) is 0 Å². The van der Waals surface area contributed by atoms with E-state index in [1.165, 1.54) is 0 Å². The Labute approximate surface area is 145 Å². The molecule has 1 aromatic heterocycles. The number of rotatable bonds is 7. The Morgan fingerprint density at radius 2 is 2.21 bits per heavy atom. The van der Waals surface area contributed by atoms with Crippen LogP contribution in [0.2, 0.25) is 5.02 Å². The highest BCUT2D eigenvalue weighted by Crippen LogP contribution is 2.21. The lowest BCUT2D eigenvalue weighted by atomic mass is 10.1. The molecule has 1 atom stereocenters. The molecule has 1 saturated heterocycles. The van der Waals surface area contributed by atoms with E-state index in [9.17, 15) is 4.79 Å². The average Bonchev–Trinajstić information content (AvgIpc) is 3.25. The first kappa shape index (κ1) is 17.0. The lowest BCUT2D eigenvalue weighted by Crippen LogP contribution is -2.28. The van der Waals surface area contributed by atoms with Gasteiger partial charge < -0.3 is 19.3 Å². The van der Waals surface area contributed by atoms with Crippen LogP contribution < -0.4 is 5.32 Å². The molecule has 1 amide bonds. The molecule has 1 aliphatic rings. The molecule has 1 fully saturated rings. The van der Waals surface area contributed by atoms with Crippen molar-refractivity contribution in [1.29, 1.82) is 0 Å². The molecule has 2 heterocycles. The van der Waals surface area contributed by atoms with Gasteiger partial charge in [0, 0.05) is 23.3 Å². The number of benzene rings is 1. The zero-order valence-corrected chi connectivity index (χ0v) is 13.9. The number of amides is 1. The summed E-state index contributed by atoms with van der Waals surface area (Å²) >= 11 is 5.86. The SMILES string of the molecule is O=C(COC[C@H]1CCCO1)NCc1cc(-c2ccc(Cl)cc2)no1. The quantitative estimate of drug-likeness (QED) is 0.831. The molecular weight excluding hydrogens is 332 g/mol. The number of carbonyl (C=O) groups excluding carboxylic acids is 1. The van der Waals surface area contributed by atoms with Gasteiger partial charge in [-0.25, -0.2) is 0 Å². The summed E-state index contributed by atoms with van der Waals surface area (Å²) in [4.78, 5) is 11.8. The Morgan fingerprint density at radius 3 is 2.96 bits per heavy atom. The van der Waals surface area contributed by atoms with Crippen LogP contribution in [0.15, 0.2) is 34.9 Å². The van der Waals surface area contributed by atoms with Gasteiger partial charge in [0.1, 0.15) is 12.3 Å². The van der Waals surface area contributed by atoms with E-state index in [1.54, 1.807) is 18.2 Å². The molecule has 1 aromatic carbocycles. The Balaban J connectivity index is 1.41. The van der Waals surface area contributed by atoms with Crippen molar-refractivity contribution < 1.29 is 18.8 Å². The van der Waals surface area contributed by atoms with Crippen molar-refractivity contribution in [2.75, 3.05) is 19.8 Å². The molecule has 0 radical (unpaired) electrons. The van der Waals surface area contributed by atoms with Crippen molar-refractivity contribution >= 4 is 17.5 Å². The summed E-state index contributed by atoms with van der Waals surface area (Å²) in [6.45, 7) is 1.51. The monoisotopic (exact) mass is 350 g/mol. The fourth-order valence-electron chi connectivity index (χ4n) is 2.45. The zero-order valence-electron chi connectivity index (χ0n) is 13.2. The fraction of sp³-hybridized carbons (Fsp3) is 0.412. The first-order valence-corrected chi connectivity index (χ1v) is 8.26. The highest BCUT2D eigenvalue weighted by atomic mass is 35.5. The van der Waals surface area contributed by atoms with Gasteiger partial charge in [0.2, 0.25) is 5.91 Å². The van der Waals surface area contributed by atoms with Gasteiger partial charge >= 0.3 is 0 Å². The number of aromatic nitrogens is 1. The number of hydrogen-bond donors (Lipinski definition) is 1. The van der Waals surface area contributed by atoms with Crippen LogP contribution >= 0.6 is 11.6 Å². The third kappa shape index (κ3) is 4.80. The second kappa shape index (κ2) is 8.28. The van der Waals surface area contributed by atoms with Crippen LogP contribution in [0.3, 0.4) is 0 Å². The maximum atomic E-state index is 11.8. The summed E-state index contributed by atoms with van der Waals surface area (Å²) in [6.07, 6.45) is 2.17. The Kier molecular flexibility index (Phi) is 5.85. The Morgan fingerprint density at radius 1 is 1.38 bits per heavy atom. The summed E-state index contributed by atoms with van der Waals surface area (Å²) in [5, 5.41) is 7.39. The molecule has 6 nitrogen and oxygen atoms in total. The summed E-state index contributed by atoms with van der Waals surface area (Å²) in [5.74, 6) is 0.380. The number of carbonyl (C=O) groups is 1. The molecule has 7 heteroatoms. The molecule has 24 heavy (non-hydrogen) atoms. The van der Waals surface area contributed by atoms with Gasteiger partial charge in [-0.05, 0) is 25.0 Å². The zero-order chi connectivity index (χ0) is 16.8. The van der Waals surface area contributed by atoms with E-state index in [4.69, 9.17) is 25.6 Å². The van der Waals surface area contributed by atoms with Gasteiger partial charge in [-0.2, -0.15) is 0 Å². The maximum absolute atomic E-state index is 11.8. The van der Waals surface area contributed by atoms with Gasteiger partial charge in [0.05, 0.1) is 19.3 Å². The number of halogens is 1. The molecule has 3 rings (SSSR count). The number of ether oxygens (including phenoxy) is 2. The smallest absolute Gasteiger partial charge is 0.246 e. The van der Waals surface area contributed by atoms with Crippen molar-refractivity contribution in [2.24, 2.45) is 0 Å². The predicted molar refractivity (Wildman–Crippen MR) is 88.6 cm³/mol. The third-order valence-electron chi connectivity index (χ3n) is 3.72. The summed E-state index contributed by atoms with van der Waals surface area (Å²) in [7, 11) is 0. The summed E-state index contributed by atoms with van der Waals surface area (Å²) in [6, 6.07) is 9.09. The van der Waals surface area contributed by atoms with E-state index in [0.29, 0.717) is 23.1 Å². The molecule has 2 aromatic rings. The molecule has 0 unspecified atom stereocenters. The molecule has 1 aliphatic heterocycles. The average molecular weight is 351 g/mol. The minimum Gasteiger partial charge on any atom is -0.376 e. The lowest BCUT2D eigenvalue weighted by Gasteiger charge is -2.09. The van der Waals surface area contributed by atoms with Gasteiger partial charge in [0.25, 0.3) is 0 Å². The van der Waals surface area contributed by atoms with Crippen LogP contribution in [-0.2, 0) is 20.8 Å². The standard InChI is InChI=1S/C17H19ClN2O4/c18-13-5-3-12(4-6-13)16-8-15(24-20-16)9-19-17(21)11-22-10-14-2-1-7-23-14/h3-6,8,14H,1-2,7,9-11H2,(H,19,21)/t14-/m1/s1. The number of nitrogens with one attached hydrogen (secondary N) is 1. The highest BCUT2D eigenvalue weighted by Gasteiger charge is 2.16. The van der Waals surface area contributed by atoms with E-state index in [1.807, 2.05) is 12.1 Å². The molecule has 0 spiro atoms. The third-order valence-corrected chi connectivity index (χ3v) is 3.97. The minimum absolute atomic E-state index is 0.0119. The minimum atomic E-state index is -0.197. The Hall–Kier alpha value is -1.89. The number of hydrogen-bond acceptors (Lipinski definition) is 5. The summed E-state index contributed by atoms with van der Waals surface area (Å²) < 4.78 is 16.0. The highest BCUT2D eigenvalue weighted by molar-refractivity contribution is 6.30. The first-order chi connectivity index (χ1) is 11.7. The summed E-state index contributed by atoms with van der Waals surface area (Å²) in [5.41, 5.74) is 1.60. The molecule has 1 N–H and O–H groups in total. The topological polar surface area (TPSA) is 73.6 Å². The van der Waals surface area contributed by atoms with Gasteiger partial charge in [-0.1, -0.05) is 28.9 Å². The lowest BCUT2D eigenvalue weighted by molar-refractivity contribution is -0.127. The van der Waals surface area contributed by atoms with E-state index in [2.05, 4.69) is 10.5 Å². The molecule has 0 aliphatic carbocycles. The normalized spacial score (nSPS) is 17.1. The van der Waals surface area contributed by atoms with Crippen molar-refractivity contribution in [3.63, 3.8) is 0 Å². The van der Waals surface area contributed by atoms with Crippen LogP contribution in [0.5, 0.6) is 0 Å². The van der Waals surface area contributed by atoms with E-state index in [-0.39, 0.29) is 25.2 Å². The molecule has 0 saturated carbocycles. The molecular formula is C17H19ClN2O4. The van der Waals surface area contributed by atoms with Gasteiger partial charge in [-0.3, -0.25) is 4.79 Å². The maximum Gasteiger partial charge on any atom is 0.246 e. The second-order valence-electron chi connectivity index (χ2n) is 5.61.